The molecule has 98 valence electrons. The molecule has 0 atom stereocenters. The molecule has 0 radical (unpaired) electrons. The van der Waals surface area contributed by atoms with Crippen molar-refractivity contribution < 1.29 is 4.79 Å². The number of fused-ring (bicyclic) bond motifs is 1. The van der Waals surface area contributed by atoms with E-state index in [4.69, 9.17) is 11.6 Å². The van der Waals surface area contributed by atoms with Crippen LogP contribution in [0.5, 0.6) is 0 Å². The maximum Gasteiger partial charge on any atom is 0.238 e. The lowest BCUT2D eigenvalue weighted by Gasteiger charge is -2.21. The maximum atomic E-state index is 11.9. The van der Waals surface area contributed by atoms with Crippen LogP contribution >= 0.6 is 11.6 Å². The minimum atomic E-state index is 0.0392. The molecule has 1 fully saturated rings. The molecule has 0 aromatic heterocycles. The Morgan fingerprint density at radius 2 is 1.89 bits per heavy atom. The van der Waals surface area contributed by atoms with Crippen molar-refractivity contribution in [1.82, 2.24) is 4.90 Å². The molecule has 0 spiro atoms. The first-order valence-corrected chi connectivity index (χ1v) is 7.14. The third-order valence-corrected chi connectivity index (χ3v) is 3.82. The summed E-state index contributed by atoms with van der Waals surface area (Å²) in [6.07, 6.45) is 2.21. The molecule has 2 nitrogen and oxygen atoms in total. The first-order chi connectivity index (χ1) is 9.28. The smallest absolute Gasteiger partial charge is 0.238 e. The van der Waals surface area contributed by atoms with E-state index >= 15 is 0 Å². The van der Waals surface area contributed by atoms with Crippen LogP contribution in [0.15, 0.2) is 42.5 Å². The van der Waals surface area contributed by atoms with Crippen molar-refractivity contribution in [2.75, 3.05) is 5.88 Å². The number of nitrogens with zero attached hydrogens (tertiary/aromatic N) is 1. The number of benzene rings is 2. The van der Waals surface area contributed by atoms with Crippen LogP contribution in [-0.4, -0.2) is 22.7 Å². The second kappa shape index (κ2) is 5.22. The lowest BCUT2D eigenvalue weighted by atomic mass is 10.1. The van der Waals surface area contributed by atoms with Crippen LogP contribution in [0.4, 0.5) is 0 Å². The molecule has 3 heteroatoms. The summed E-state index contributed by atoms with van der Waals surface area (Å²) in [5.74, 6) is 0.113. The van der Waals surface area contributed by atoms with E-state index in [-0.39, 0.29) is 11.8 Å². The Morgan fingerprint density at radius 1 is 1.16 bits per heavy atom. The zero-order valence-corrected chi connectivity index (χ0v) is 11.4. The molecule has 1 amide bonds. The van der Waals surface area contributed by atoms with Gasteiger partial charge in [-0.25, -0.2) is 0 Å². The Hall–Kier alpha value is -1.54. The van der Waals surface area contributed by atoms with Gasteiger partial charge in [0.2, 0.25) is 5.91 Å². The van der Waals surface area contributed by atoms with Gasteiger partial charge in [-0.1, -0.05) is 36.4 Å². The molecule has 0 unspecified atom stereocenters. The van der Waals surface area contributed by atoms with Gasteiger partial charge >= 0.3 is 0 Å². The first kappa shape index (κ1) is 12.5. The van der Waals surface area contributed by atoms with Crippen LogP contribution in [-0.2, 0) is 11.3 Å². The summed E-state index contributed by atoms with van der Waals surface area (Å²) in [4.78, 5) is 13.8. The predicted octanol–water partition coefficient (Wildman–Crippen LogP) is 3.57. The van der Waals surface area contributed by atoms with E-state index in [2.05, 4.69) is 30.3 Å². The highest BCUT2D eigenvalue weighted by atomic mass is 35.5. The van der Waals surface area contributed by atoms with Crippen molar-refractivity contribution in [3.05, 3.63) is 48.0 Å². The van der Waals surface area contributed by atoms with Crippen LogP contribution in [0.1, 0.15) is 18.4 Å². The average Bonchev–Trinajstić information content (AvgIpc) is 3.28. The number of rotatable bonds is 4. The second-order valence-electron chi connectivity index (χ2n) is 5.07. The monoisotopic (exact) mass is 273 g/mol. The summed E-state index contributed by atoms with van der Waals surface area (Å²) in [6, 6.07) is 15.0. The fourth-order valence-corrected chi connectivity index (χ4v) is 2.57. The van der Waals surface area contributed by atoms with Crippen molar-refractivity contribution in [2.24, 2.45) is 0 Å². The third-order valence-electron chi connectivity index (χ3n) is 3.59. The fourth-order valence-electron chi connectivity index (χ4n) is 2.42. The van der Waals surface area contributed by atoms with Gasteiger partial charge in [0.15, 0.2) is 0 Å². The normalized spacial score (nSPS) is 14.6. The van der Waals surface area contributed by atoms with Gasteiger partial charge in [0.25, 0.3) is 0 Å². The molecule has 2 aromatic rings. The van der Waals surface area contributed by atoms with E-state index < -0.39 is 0 Å². The molecule has 0 aliphatic heterocycles. The van der Waals surface area contributed by atoms with Gasteiger partial charge < -0.3 is 4.90 Å². The molecular weight excluding hydrogens is 258 g/mol. The minimum absolute atomic E-state index is 0.0392. The summed E-state index contributed by atoms with van der Waals surface area (Å²) in [5, 5.41) is 2.45. The van der Waals surface area contributed by atoms with Gasteiger partial charge in [-0.05, 0) is 35.2 Å². The highest BCUT2D eigenvalue weighted by Gasteiger charge is 2.31. The van der Waals surface area contributed by atoms with E-state index in [9.17, 15) is 4.79 Å². The Bertz CT molecular complexity index is 606. The topological polar surface area (TPSA) is 20.3 Å². The van der Waals surface area contributed by atoms with E-state index in [0.717, 1.165) is 12.8 Å². The van der Waals surface area contributed by atoms with Crippen molar-refractivity contribution in [1.29, 1.82) is 0 Å². The number of carbonyl (C=O) groups excluding carboxylic acids is 1. The SMILES string of the molecule is O=C(CCl)N(Cc1ccc2ccccc2c1)C1CC1. The summed E-state index contributed by atoms with van der Waals surface area (Å²) < 4.78 is 0. The van der Waals surface area contributed by atoms with Crippen molar-refractivity contribution >= 4 is 28.3 Å². The molecule has 0 N–H and O–H groups in total. The quantitative estimate of drug-likeness (QED) is 0.780. The number of hydrogen-bond donors (Lipinski definition) is 0. The number of amides is 1. The largest absolute Gasteiger partial charge is 0.334 e. The molecule has 3 rings (SSSR count). The Morgan fingerprint density at radius 3 is 2.58 bits per heavy atom. The molecule has 1 aliphatic rings. The van der Waals surface area contributed by atoms with E-state index in [0.29, 0.717) is 12.6 Å². The number of carbonyl (C=O) groups is 1. The van der Waals surface area contributed by atoms with Crippen LogP contribution in [0.2, 0.25) is 0 Å². The molecule has 0 saturated heterocycles. The van der Waals surface area contributed by atoms with Crippen molar-refractivity contribution in [3.63, 3.8) is 0 Å². The Kier molecular flexibility index (Phi) is 3.43. The average molecular weight is 274 g/mol. The molecule has 1 aliphatic carbocycles. The van der Waals surface area contributed by atoms with Gasteiger partial charge in [-0.3, -0.25) is 4.79 Å². The molecule has 0 bridgehead atoms. The van der Waals surface area contributed by atoms with E-state index in [1.165, 1.54) is 16.3 Å². The standard InChI is InChI=1S/C16H16ClNO/c17-10-16(19)18(15-7-8-15)11-12-5-6-13-3-1-2-4-14(13)9-12/h1-6,9,15H,7-8,10-11H2. The second-order valence-corrected chi connectivity index (χ2v) is 5.34. The van der Waals surface area contributed by atoms with E-state index in [1.807, 2.05) is 17.0 Å². The van der Waals surface area contributed by atoms with Gasteiger partial charge in [0.05, 0.1) is 0 Å². The molecule has 2 aromatic carbocycles. The number of alkyl halides is 1. The van der Waals surface area contributed by atoms with Gasteiger partial charge in [0.1, 0.15) is 5.88 Å². The minimum Gasteiger partial charge on any atom is -0.334 e. The third kappa shape index (κ3) is 2.74. The Balaban J connectivity index is 1.85. The van der Waals surface area contributed by atoms with Crippen molar-refractivity contribution in [3.8, 4) is 0 Å². The summed E-state index contributed by atoms with van der Waals surface area (Å²) in [6.45, 7) is 0.668. The summed E-state index contributed by atoms with van der Waals surface area (Å²) >= 11 is 5.69. The number of halogens is 1. The van der Waals surface area contributed by atoms with Crippen LogP contribution < -0.4 is 0 Å². The molecule has 1 saturated carbocycles. The van der Waals surface area contributed by atoms with Crippen LogP contribution in [0.3, 0.4) is 0 Å². The lowest BCUT2D eigenvalue weighted by molar-refractivity contribution is -0.129. The lowest BCUT2D eigenvalue weighted by Crippen LogP contribution is -2.33. The molecule has 0 heterocycles. The maximum absolute atomic E-state index is 11.9. The van der Waals surface area contributed by atoms with E-state index in [1.54, 1.807) is 0 Å². The zero-order valence-electron chi connectivity index (χ0n) is 10.7. The number of hydrogen-bond acceptors (Lipinski definition) is 1. The summed E-state index contributed by atoms with van der Waals surface area (Å²) in [7, 11) is 0. The highest BCUT2D eigenvalue weighted by Crippen LogP contribution is 2.29. The fraction of sp³-hybridized carbons (Fsp3) is 0.312. The first-order valence-electron chi connectivity index (χ1n) is 6.61. The highest BCUT2D eigenvalue weighted by molar-refractivity contribution is 6.27. The predicted molar refractivity (Wildman–Crippen MR) is 78.2 cm³/mol. The van der Waals surface area contributed by atoms with Crippen LogP contribution in [0, 0.1) is 0 Å². The van der Waals surface area contributed by atoms with Crippen LogP contribution in [0.25, 0.3) is 10.8 Å². The molecule has 19 heavy (non-hydrogen) atoms. The Labute approximate surface area is 118 Å². The van der Waals surface area contributed by atoms with Gasteiger partial charge in [-0.2, -0.15) is 0 Å². The molecular formula is C16H16ClNO. The zero-order chi connectivity index (χ0) is 13.2. The van der Waals surface area contributed by atoms with Gasteiger partial charge in [0, 0.05) is 12.6 Å². The van der Waals surface area contributed by atoms with Crippen molar-refractivity contribution in [2.45, 2.75) is 25.4 Å². The summed E-state index contributed by atoms with van der Waals surface area (Å²) in [5.41, 5.74) is 1.17. The van der Waals surface area contributed by atoms with Gasteiger partial charge in [-0.15, -0.1) is 11.6 Å².